The van der Waals surface area contributed by atoms with E-state index in [-0.39, 0.29) is 11.7 Å². The number of ketones is 1. The van der Waals surface area contributed by atoms with Gasteiger partial charge in [0, 0.05) is 11.5 Å². The summed E-state index contributed by atoms with van der Waals surface area (Å²) in [5.74, 6) is 0.319. The number of carbonyl (C=O) groups excluding carboxylic acids is 1. The number of hydrogen-bond donors (Lipinski definition) is 0. The van der Waals surface area contributed by atoms with Crippen molar-refractivity contribution in [2.75, 3.05) is 0 Å². The molecule has 2 aromatic carbocycles. The summed E-state index contributed by atoms with van der Waals surface area (Å²) in [6, 6.07) is 16.3. The predicted octanol–water partition coefficient (Wildman–Crippen LogP) is 4.30. The monoisotopic (exact) mass is 250 g/mol. The summed E-state index contributed by atoms with van der Waals surface area (Å²) in [6.45, 7) is 2.05. The zero-order valence-electron chi connectivity index (χ0n) is 11.2. The second-order valence-corrected chi connectivity index (χ2v) is 5.37. The third-order valence-corrected chi connectivity index (χ3v) is 4.02. The normalized spacial score (nSPS) is 17.8. The van der Waals surface area contributed by atoms with E-state index in [9.17, 15) is 4.79 Å². The van der Waals surface area contributed by atoms with E-state index in [1.807, 2.05) is 37.3 Å². The number of aryl methyl sites for hydroxylation is 2. The number of Topliss-reactive ketones (excluding diaryl/α,β-unsaturated/α-hetero) is 1. The van der Waals surface area contributed by atoms with Crippen LogP contribution in [0, 0.1) is 6.92 Å². The van der Waals surface area contributed by atoms with Crippen LogP contribution in [0.2, 0.25) is 0 Å². The van der Waals surface area contributed by atoms with Gasteiger partial charge in [-0.15, -0.1) is 0 Å². The van der Waals surface area contributed by atoms with Crippen LogP contribution in [0.25, 0.3) is 0 Å². The van der Waals surface area contributed by atoms with Gasteiger partial charge >= 0.3 is 0 Å². The van der Waals surface area contributed by atoms with Crippen molar-refractivity contribution in [3.63, 3.8) is 0 Å². The number of carbonyl (C=O) groups is 1. The highest BCUT2D eigenvalue weighted by atomic mass is 16.1. The summed E-state index contributed by atoms with van der Waals surface area (Å²) in [5.41, 5.74) is 4.62. The third-order valence-electron chi connectivity index (χ3n) is 4.02. The number of hydrogen-bond acceptors (Lipinski definition) is 1. The minimum absolute atomic E-state index is 0.0488. The first-order chi connectivity index (χ1) is 9.25. The molecule has 0 N–H and O–H groups in total. The molecule has 1 nitrogen and oxygen atoms in total. The molecular weight excluding hydrogens is 232 g/mol. The first-order valence-electron chi connectivity index (χ1n) is 6.94. The molecule has 1 aliphatic rings. The van der Waals surface area contributed by atoms with Crippen molar-refractivity contribution >= 4 is 5.78 Å². The summed E-state index contributed by atoms with van der Waals surface area (Å²) in [6.07, 6.45) is 3.19. The average molecular weight is 250 g/mol. The lowest BCUT2D eigenvalue weighted by Crippen LogP contribution is -2.18. The Morgan fingerprint density at radius 1 is 1.05 bits per heavy atom. The molecule has 1 aliphatic carbocycles. The van der Waals surface area contributed by atoms with E-state index < -0.39 is 0 Å². The lowest BCUT2D eigenvalue weighted by molar-refractivity contribution is 0.0951. The third kappa shape index (κ3) is 2.33. The summed E-state index contributed by atoms with van der Waals surface area (Å²) in [7, 11) is 0. The number of rotatable bonds is 2. The van der Waals surface area contributed by atoms with Crippen molar-refractivity contribution in [1.29, 1.82) is 0 Å². The van der Waals surface area contributed by atoms with Gasteiger partial charge in [-0.05, 0) is 37.3 Å². The lowest BCUT2D eigenvalue weighted by atomic mass is 9.79. The Hall–Kier alpha value is -1.89. The maximum atomic E-state index is 12.7. The van der Waals surface area contributed by atoms with Gasteiger partial charge in [-0.2, -0.15) is 0 Å². The molecule has 1 heteroatoms. The Labute approximate surface area is 114 Å². The molecule has 0 saturated carbocycles. The second-order valence-electron chi connectivity index (χ2n) is 5.37. The van der Waals surface area contributed by atoms with Crippen LogP contribution in [0.5, 0.6) is 0 Å². The van der Waals surface area contributed by atoms with Crippen LogP contribution in [0.4, 0.5) is 0 Å². The van der Waals surface area contributed by atoms with Crippen molar-refractivity contribution in [1.82, 2.24) is 0 Å². The first kappa shape index (κ1) is 12.2. The van der Waals surface area contributed by atoms with Crippen LogP contribution in [0.1, 0.15) is 45.8 Å². The Morgan fingerprint density at radius 2 is 1.79 bits per heavy atom. The van der Waals surface area contributed by atoms with Gasteiger partial charge < -0.3 is 0 Å². The molecule has 0 bridgehead atoms. The van der Waals surface area contributed by atoms with Gasteiger partial charge in [-0.25, -0.2) is 0 Å². The zero-order chi connectivity index (χ0) is 13.2. The minimum atomic E-state index is 0.0488. The molecule has 0 amide bonds. The Kier molecular flexibility index (Phi) is 3.20. The molecular formula is C18H18O. The van der Waals surface area contributed by atoms with E-state index in [1.54, 1.807) is 0 Å². The highest BCUT2D eigenvalue weighted by molar-refractivity contribution is 6.01. The fraction of sp³-hybridized carbons (Fsp3) is 0.278. The smallest absolute Gasteiger partial charge is 0.170 e. The summed E-state index contributed by atoms with van der Waals surface area (Å²) in [4.78, 5) is 12.7. The van der Waals surface area contributed by atoms with E-state index in [2.05, 4.69) is 18.2 Å². The molecule has 96 valence electrons. The second kappa shape index (κ2) is 5.00. The average Bonchev–Trinajstić information content (AvgIpc) is 2.47. The van der Waals surface area contributed by atoms with Crippen LogP contribution in [0.3, 0.4) is 0 Å². The molecule has 1 atom stereocenters. The molecule has 0 heterocycles. The Morgan fingerprint density at radius 3 is 2.58 bits per heavy atom. The van der Waals surface area contributed by atoms with Crippen LogP contribution in [-0.2, 0) is 6.42 Å². The van der Waals surface area contributed by atoms with Gasteiger partial charge in [0.15, 0.2) is 5.78 Å². The summed E-state index contributed by atoms with van der Waals surface area (Å²) in [5, 5.41) is 0. The Balaban J connectivity index is 1.95. The molecule has 19 heavy (non-hydrogen) atoms. The zero-order valence-corrected chi connectivity index (χ0v) is 11.2. The minimum Gasteiger partial charge on any atom is -0.293 e. The van der Waals surface area contributed by atoms with Crippen molar-refractivity contribution in [2.45, 2.75) is 32.1 Å². The fourth-order valence-corrected chi connectivity index (χ4v) is 2.95. The van der Waals surface area contributed by atoms with Crippen molar-refractivity contribution in [2.24, 2.45) is 0 Å². The van der Waals surface area contributed by atoms with Crippen LogP contribution >= 0.6 is 0 Å². The summed E-state index contributed by atoms with van der Waals surface area (Å²) >= 11 is 0. The van der Waals surface area contributed by atoms with Gasteiger partial charge in [0.05, 0.1) is 0 Å². The standard InChI is InChI=1S/C18H18O/c1-13-9-11-15(12-10-13)18(19)17-8-4-6-14-5-2-3-7-16(14)17/h2-3,5,7,9-12,17H,4,6,8H2,1H3. The molecule has 0 aromatic heterocycles. The van der Waals surface area contributed by atoms with E-state index >= 15 is 0 Å². The van der Waals surface area contributed by atoms with Gasteiger partial charge in [0.2, 0.25) is 0 Å². The molecule has 0 fully saturated rings. The van der Waals surface area contributed by atoms with Crippen LogP contribution in [0.15, 0.2) is 48.5 Å². The number of benzene rings is 2. The van der Waals surface area contributed by atoms with Gasteiger partial charge in [-0.3, -0.25) is 4.79 Å². The number of fused-ring (bicyclic) bond motifs is 1. The van der Waals surface area contributed by atoms with Gasteiger partial charge in [-0.1, -0.05) is 54.1 Å². The molecule has 1 unspecified atom stereocenters. The molecule has 0 aliphatic heterocycles. The Bertz CT molecular complexity index is 595. The SMILES string of the molecule is Cc1ccc(C(=O)C2CCCc3ccccc32)cc1. The summed E-state index contributed by atoms with van der Waals surface area (Å²) < 4.78 is 0. The lowest BCUT2D eigenvalue weighted by Gasteiger charge is -2.24. The van der Waals surface area contributed by atoms with Crippen molar-refractivity contribution in [3.8, 4) is 0 Å². The highest BCUT2D eigenvalue weighted by Gasteiger charge is 2.26. The maximum Gasteiger partial charge on any atom is 0.170 e. The van der Waals surface area contributed by atoms with E-state index in [1.165, 1.54) is 16.7 Å². The van der Waals surface area contributed by atoms with Crippen LogP contribution < -0.4 is 0 Å². The maximum absolute atomic E-state index is 12.7. The van der Waals surface area contributed by atoms with Crippen molar-refractivity contribution < 1.29 is 4.79 Å². The van der Waals surface area contributed by atoms with Crippen LogP contribution in [-0.4, -0.2) is 5.78 Å². The molecule has 0 radical (unpaired) electrons. The van der Waals surface area contributed by atoms with E-state index in [4.69, 9.17) is 0 Å². The molecule has 0 saturated heterocycles. The van der Waals surface area contributed by atoms with Gasteiger partial charge in [0.25, 0.3) is 0 Å². The van der Waals surface area contributed by atoms with E-state index in [0.717, 1.165) is 24.8 Å². The molecule has 0 spiro atoms. The molecule has 3 rings (SSSR count). The van der Waals surface area contributed by atoms with E-state index in [0.29, 0.717) is 0 Å². The van der Waals surface area contributed by atoms with Crippen molar-refractivity contribution in [3.05, 3.63) is 70.8 Å². The first-order valence-corrected chi connectivity index (χ1v) is 6.94. The largest absolute Gasteiger partial charge is 0.293 e. The highest BCUT2D eigenvalue weighted by Crippen LogP contribution is 2.33. The molecule has 2 aromatic rings. The van der Waals surface area contributed by atoms with Gasteiger partial charge in [0.1, 0.15) is 0 Å². The predicted molar refractivity (Wildman–Crippen MR) is 77.6 cm³/mol. The fourth-order valence-electron chi connectivity index (χ4n) is 2.95. The quantitative estimate of drug-likeness (QED) is 0.726. The topological polar surface area (TPSA) is 17.1 Å².